The predicted molar refractivity (Wildman–Crippen MR) is 45.3 cm³/mol. The fourth-order valence-electron chi connectivity index (χ4n) is 0.606. The van der Waals surface area contributed by atoms with Gasteiger partial charge in [-0.3, -0.25) is 0 Å². The van der Waals surface area contributed by atoms with Gasteiger partial charge in [0.2, 0.25) is 0 Å². The number of rotatable bonds is 6. The molecule has 1 atom stereocenters. The van der Waals surface area contributed by atoms with E-state index in [0.717, 1.165) is 13.0 Å². The van der Waals surface area contributed by atoms with Crippen LogP contribution in [-0.4, -0.2) is 31.0 Å². The van der Waals surface area contributed by atoms with Crippen LogP contribution in [0.1, 0.15) is 20.3 Å². The molecule has 0 saturated heterocycles. The first-order chi connectivity index (χ1) is 5.16. The third-order valence-electron chi connectivity index (χ3n) is 1.41. The molecule has 0 spiro atoms. The average Bonchev–Trinajstić information content (AvgIpc) is 1.97. The van der Waals surface area contributed by atoms with Gasteiger partial charge in [-0.15, -0.1) is 0 Å². The minimum Gasteiger partial charge on any atom is -0.395 e. The summed E-state index contributed by atoms with van der Waals surface area (Å²) in [5.74, 6) is 0.667. The maximum absolute atomic E-state index is 8.54. The van der Waals surface area contributed by atoms with E-state index in [-0.39, 0.29) is 12.6 Å². The lowest BCUT2D eigenvalue weighted by atomic mass is 10.1. The first-order valence-corrected chi connectivity index (χ1v) is 4.11. The second kappa shape index (κ2) is 6.58. The molecule has 0 amide bonds. The summed E-state index contributed by atoms with van der Waals surface area (Å²) in [6, 6.07) is -0.220. The summed E-state index contributed by atoms with van der Waals surface area (Å²) in [5, 5.41) is 8.54. The highest BCUT2D eigenvalue weighted by Crippen LogP contribution is 1.98. The van der Waals surface area contributed by atoms with Gasteiger partial charge in [0.15, 0.2) is 0 Å². The van der Waals surface area contributed by atoms with Crippen LogP contribution in [-0.2, 0) is 4.74 Å². The van der Waals surface area contributed by atoms with Gasteiger partial charge in [-0.2, -0.15) is 0 Å². The number of aliphatic hydroxyl groups excluding tert-OH is 1. The molecule has 0 aromatic heterocycles. The Morgan fingerprint density at radius 2 is 2.09 bits per heavy atom. The lowest BCUT2D eigenvalue weighted by Gasteiger charge is -2.09. The quantitative estimate of drug-likeness (QED) is 0.553. The van der Waals surface area contributed by atoms with E-state index in [1.54, 1.807) is 0 Å². The first kappa shape index (κ1) is 10.9. The number of nitrogens with two attached hydrogens (primary N) is 1. The molecular weight excluding hydrogens is 142 g/mol. The molecule has 11 heavy (non-hydrogen) atoms. The minimum atomic E-state index is -0.220. The molecule has 0 heterocycles. The molecule has 0 unspecified atom stereocenters. The summed E-state index contributed by atoms with van der Waals surface area (Å²) in [7, 11) is 0. The van der Waals surface area contributed by atoms with Crippen molar-refractivity contribution in [3.63, 3.8) is 0 Å². The number of aliphatic hydroxyl groups is 1. The molecule has 0 rings (SSSR count). The van der Waals surface area contributed by atoms with Crippen LogP contribution in [0.2, 0.25) is 0 Å². The van der Waals surface area contributed by atoms with Gasteiger partial charge < -0.3 is 15.6 Å². The van der Waals surface area contributed by atoms with E-state index in [0.29, 0.717) is 12.5 Å². The van der Waals surface area contributed by atoms with Crippen molar-refractivity contribution in [1.29, 1.82) is 0 Å². The summed E-state index contributed by atoms with van der Waals surface area (Å²) in [6.07, 6.45) is 1.05. The van der Waals surface area contributed by atoms with Crippen molar-refractivity contribution in [2.24, 2.45) is 11.7 Å². The van der Waals surface area contributed by atoms with Gasteiger partial charge in [0.1, 0.15) is 0 Å². The molecule has 0 aliphatic heterocycles. The Labute approximate surface area is 68.5 Å². The van der Waals surface area contributed by atoms with Crippen molar-refractivity contribution in [2.75, 3.05) is 19.8 Å². The average molecular weight is 161 g/mol. The van der Waals surface area contributed by atoms with E-state index in [1.165, 1.54) is 0 Å². The second-order valence-corrected chi connectivity index (χ2v) is 3.20. The number of ether oxygens (including phenoxy) is 1. The Hall–Kier alpha value is -0.120. The standard InChI is InChI=1S/C8H19NO2/c1-7(2)3-4-11-6-8(9)5-10/h7-8,10H,3-6,9H2,1-2H3/t8-/m0/s1. The van der Waals surface area contributed by atoms with Crippen LogP contribution < -0.4 is 5.73 Å². The van der Waals surface area contributed by atoms with E-state index >= 15 is 0 Å². The van der Waals surface area contributed by atoms with E-state index in [1.807, 2.05) is 0 Å². The summed E-state index contributed by atoms with van der Waals surface area (Å²) in [6.45, 7) is 5.50. The van der Waals surface area contributed by atoms with Gasteiger partial charge in [0.05, 0.1) is 19.3 Å². The largest absolute Gasteiger partial charge is 0.395 e. The Balaban J connectivity index is 3.01. The Bertz CT molecular complexity index is 86.2. The van der Waals surface area contributed by atoms with Crippen molar-refractivity contribution in [1.82, 2.24) is 0 Å². The van der Waals surface area contributed by atoms with Crippen LogP contribution in [0, 0.1) is 5.92 Å². The van der Waals surface area contributed by atoms with Gasteiger partial charge >= 0.3 is 0 Å². The molecule has 0 aliphatic rings. The van der Waals surface area contributed by atoms with Crippen LogP contribution in [0.15, 0.2) is 0 Å². The lowest BCUT2D eigenvalue weighted by Crippen LogP contribution is -2.30. The summed E-state index contributed by atoms with van der Waals surface area (Å²) < 4.78 is 5.21. The van der Waals surface area contributed by atoms with Crippen LogP contribution in [0.4, 0.5) is 0 Å². The molecule has 3 nitrogen and oxygen atoms in total. The Morgan fingerprint density at radius 1 is 1.45 bits per heavy atom. The molecule has 0 aromatic carbocycles. The molecule has 0 bridgehead atoms. The van der Waals surface area contributed by atoms with Gasteiger partial charge in [-0.1, -0.05) is 13.8 Å². The summed E-state index contributed by atoms with van der Waals surface area (Å²) in [5.41, 5.74) is 5.41. The highest BCUT2D eigenvalue weighted by molar-refractivity contribution is 4.55. The molecule has 68 valence electrons. The zero-order valence-corrected chi connectivity index (χ0v) is 7.42. The van der Waals surface area contributed by atoms with E-state index in [4.69, 9.17) is 15.6 Å². The maximum Gasteiger partial charge on any atom is 0.0639 e. The van der Waals surface area contributed by atoms with Gasteiger partial charge in [0, 0.05) is 6.61 Å². The van der Waals surface area contributed by atoms with Crippen LogP contribution in [0.3, 0.4) is 0 Å². The zero-order valence-electron chi connectivity index (χ0n) is 7.42. The molecule has 0 aliphatic carbocycles. The van der Waals surface area contributed by atoms with E-state index in [9.17, 15) is 0 Å². The summed E-state index contributed by atoms with van der Waals surface area (Å²) >= 11 is 0. The van der Waals surface area contributed by atoms with Crippen molar-refractivity contribution < 1.29 is 9.84 Å². The molecule has 0 radical (unpaired) electrons. The van der Waals surface area contributed by atoms with Crippen molar-refractivity contribution in [3.8, 4) is 0 Å². The smallest absolute Gasteiger partial charge is 0.0639 e. The highest BCUT2D eigenvalue weighted by Gasteiger charge is 1.99. The fourth-order valence-corrected chi connectivity index (χ4v) is 0.606. The predicted octanol–water partition coefficient (Wildman–Crippen LogP) is 0.369. The molecular formula is C8H19NO2. The fraction of sp³-hybridized carbons (Fsp3) is 1.00. The van der Waals surface area contributed by atoms with E-state index < -0.39 is 0 Å². The topological polar surface area (TPSA) is 55.5 Å². The van der Waals surface area contributed by atoms with Gasteiger partial charge in [-0.05, 0) is 12.3 Å². The molecule has 0 aromatic rings. The van der Waals surface area contributed by atoms with Gasteiger partial charge in [0.25, 0.3) is 0 Å². The van der Waals surface area contributed by atoms with E-state index in [2.05, 4.69) is 13.8 Å². The Morgan fingerprint density at radius 3 is 2.55 bits per heavy atom. The minimum absolute atomic E-state index is 0.00167. The van der Waals surface area contributed by atoms with Crippen LogP contribution >= 0.6 is 0 Å². The van der Waals surface area contributed by atoms with Crippen molar-refractivity contribution in [3.05, 3.63) is 0 Å². The molecule has 0 fully saturated rings. The second-order valence-electron chi connectivity index (χ2n) is 3.20. The third-order valence-corrected chi connectivity index (χ3v) is 1.41. The SMILES string of the molecule is CC(C)CCOC[C@@H](N)CO. The first-order valence-electron chi connectivity index (χ1n) is 4.11. The van der Waals surface area contributed by atoms with Gasteiger partial charge in [-0.25, -0.2) is 0 Å². The zero-order chi connectivity index (χ0) is 8.69. The highest BCUT2D eigenvalue weighted by atomic mass is 16.5. The lowest BCUT2D eigenvalue weighted by molar-refractivity contribution is 0.0935. The van der Waals surface area contributed by atoms with Crippen LogP contribution in [0.25, 0.3) is 0 Å². The number of hydrogen-bond donors (Lipinski definition) is 2. The molecule has 3 N–H and O–H groups in total. The molecule has 0 saturated carbocycles. The normalized spacial score (nSPS) is 13.9. The monoisotopic (exact) mass is 161 g/mol. The molecule has 3 heteroatoms. The number of hydrogen-bond acceptors (Lipinski definition) is 3. The van der Waals surface area contributed by atoms with Crippen molar-refractivity contribution in [2.45, 2.75) is 26.3 Å². The van der Waals surface area contributed by atoms with Crippen molar-refractivity contribution >= 4 is 0 Å². The maximum atomic E-state index is 8.54. The summed E-state index contributed by atoms with van der Waals surface area (Å²) in [4.78, 5) is 0. The third kappa shape index (κ3) is 7.78. The van der Waals surface area contributed by atoms with Crippen LogP contribution in [0.5, 0.6) is 0 Å². The Kier molecular flexibility index (Phi) is 6.51.